The number of ether oxygens (including phenoxy) is 1. The predicted octanol–water partition coefficient (Wildman–Crippen LogP) is 2.49. The van der Waals surface area contributed by atoms with Gasteiger partial charge in [-0.25, -0.2) is 9.18 Å². The Morgan fingerprint density at radius 3 is 2.71 bits per heavy atom. The topological polar surface area (TPSA) is 32.8 Å². The molecule has 2 atom stereocenters. The monoisotopic (exact) mass is 292 g/mol. The van der Waals surface area contributed by atoms with Gasteiger partial charge in [-0.1, -0.05) is 12.1 Å². The summed E-state index contributed by atoms with van der Waals surface area (Å²) >= 11 is 0. The zero-order valence-corrected chi connectivity index (χ0v) is 12.3. The third kappa shape index (κ3) is 3.18. The van der Waals surface area contributed by atoms with Crippen molar-refractivity contribution >= 4 is 6.09 Å². The average Bonchev–Trinajstić information content (AvgIpc) is 2.79. The van der Waals surface area contributed by atoms with Gasteiger partial charge in [0, 0.05) is 32.2 Å². The van der Waals surface area contributed by atoms with Crippen LogP contribution in [0.3, 0.4) is 0 Å². The van der Waals surface area contributed by atoms with Crippen LogP contribution in [-0.2, 0) is 11.3 Å². The van der Waals surface area contributed by atoms with E-state index < -0.39 is 0 Å². The van der Waals surface area contributed by atoms with Crippen molar-refractivity contribution < 1.29 is 13.9 Å². The number of hydrogen-bond acceptors (Lipinski definition) is 3. The molecule has 0 N–H and O–H groups in total. The van der Waals surface area contributed by atoms with Crippen LogP contribution < -0.4 is 0 Å². The largest absolute Gasteiger partial charge is 0.453 e. The van der Waals surface area contributed by atoms with Crippen molar-refractivity contribution in [3.63, 3.8) is 0 Å². The summed E-state index contributed by atoms with van der Waals surface area (Å²) in [6.45, 7) is 3.45. The lowest BCUT2D eigenvalue weighted by Crippen LogP contribution is -2.47. The minimum atomic E-state index is -0.215. The van der Waals surface area contributed by atoms with Gasteiger partial charge in [0.2, 0.25) is 0 Å². The Balaban J connectivity index is 1.69. The van der Waals surface area contributed by atoms with Crippen molar-refractivity contribution in [2.75, 3.05) is 26.7 Å². The maximum absolute atomic E-state index is 13.0. The lowest BCUT2D eigenvalue weighted by molar-refractivity contribution is 0.0833. The minimum absolute atomic E-state index is 0.202. The third-order valence-electron chi connectivity index (χ3n) is 4.52. The number of benzene rings is 1. The molecule has 1 amide bonds. The number of rotatable bonds is 2. The van der Waals surface area contributed by atoms with E-state index in [0.717, 1.165) is 44.6 Å². The molecule has 1 aromatic carbocycles. The molecule has 4 rings (SSSR count). The number of carbonyl (C=O) groups excluding carboxylic acids is 1. The fourth-order valence-corrected chi connectivity index (χ4v) is 3.50. The van der Waals surface area contributed by atoms with Gasteiger partial charge in [0.15, 0.2) is 0 Å². The molecule has 3 saturated heterocycles. The van der Waals surface area contributed by atoms with Crippen LogP contribution in [0.25, 0.3) is 0 Å². The van der Waals surface area contributed by atoms with Gasteiger partial charge in [0.25, 0.3) is 0 Å². The summed E-state index contributed by atoms with van der Waals surface area (Å²) in [7, 11) is 1.44. The van der Waals surface area contributed by atoms with Gasteiger partial charge >= 0.3 is 6.09 Å². The molecule has 2 bridgehead atoms. The van der Waals surface area contributed by atoms with Gasteiger partial charge in [0.1, 0.15) is 5.82 Å². The van der Waals surface area contributed by atoms with E-state index in [1.165, 1.54) is 19.2 Å². The van der Waals surface area contributed by atoms with E-state index in [1.54, 1.807) is 0 Å². The average molecular weight is 292 g/mol. The van der Waals surface area contributed by atoms with Gasteiger partial charge in [0.05, 0.1) is 7.11 Å². The van der Waals surface area contributed by atoms with Gasteiger partial charge < -0.3 is 9.64 Å². The maximum atomic E-state index is 13.0. The standard InChI is InChI=1S/C16H21FN2O2/c1-21-16(20)19-10-13-4-7-15(19)11-18(9-13)8-12-2-5-14(17)6-3-12/h2-3,5-6,13,15H,4,7-11H2,1H3/t13-,15+/m0/s1. The van der Waals surface area contributed by atoms with Crippen LogP contribution in [0.2, 0.25) is 0 Å². The van der Waals surface area contributed by atoms with Gasteiger partial charge in [-0.05, 0) is 36.5 Å². The second-order valence-electron chi connectivity index (χ2n) is 6.04. The highest BCUT2D eigenvalue weighted by atomic mass is 19.1. The van der Waals surface area contributed by atoms with Gasteiger partial charge in [-0.2, -0.15) is 0 Å². The molecule has 0 unspecified atom stereocenters. The zero-order valence-electron chi connectivity index (χ0n) is 12.3. The Morgan fingerprint density at radius 1 is 1.24 bits per heavy atom. The summed E-state index contributed by atoms with van der Waals surface area (Å²) in [6, 6.07) is 6.91. The van der Waals surface area contributed by atoms with Crippen molar-refractivity contribution in [1.29, 1.82) is 0 Å². The van der Waals surface area contributed by atoms with Crippen LogP contribution in [-0.4, -0.2) is 48.7 Å². The molecule has 0 saturated carbocycles. The Labute approximate surface area is 124 Å². The van der Waals surface area contributed by atoms with E-state index in [2.05, 4.69) is 4.90 Å². The lowest BCUT2D eigenvalue weighted by Gasteiger charge is -2.34. The number of fused-ring (bicyclic) bond motifs is 4. The quantitative estimate of drug-likeness (QED) is 0.839. The maximum Gasteiger partial charge on any atom is 0.409 e. The molecule has 0 spiro atoms. The summed E-state index contributed by atoms with van der Waals surface area (Å²) in [4.78, 5) is 16.1. The van der Waals surface area contributed by atoms with Crippen LogP contribution in [0.5, 0.6) is 0 Å². The molecule has 114 valence electrons. The minimum Gasteiger partial charge on any atom is -0.453 e. The van der Waals surface area contributed by atoms with E-state index in [9.17, 15) is 9.18 Å². The Kier molecular flexibility index (Phi) is 4.10. The highest BCUT2D eigenvalue weighted by molar-refractivity contribution is 5.68. The molecule has 0 aliphatic carbocycles. The first-order chi connectivity index (χ1) is 10.2. The van der Waals surface area contributed by atoms with Gasteiger partial charge in [-0.15, -0.1) is 0 Å². The SMILES string of the molecule is COC(=O)N1C[C@H]2CC[C@@H]1CN(Cc1ccc(F)cc1)C2. The smallest absolute Gasteiger partial charge is 0.409 e. The first-order valence-corrected chi connectivity index (χ1v) is 7.47. The Bertz CT molecular complexity index is 506. The number of hydrogen-bond donors (Lipinski definition) is 0. The number of nitrogens with zero attached hydrogens (tertiary/aromatic N) is 2. The van der Waals surface area contributed by atoms with Crippen molar-refractivity contribution in [3.05, 3.63) is 35.6 Å². The van der Waals surface area contributed by atoms with Crippen molar-refractivity contribution in [2.45, 2.75) is 25.4 Å². The number of methoxy groups -OCH3 is 1. The number of amides is 1. The van der Waals surface area contributed by atoms with E-state index in [0.29, 0.717) is 5.92 Å². The van der Waals surface area contributed by atoms with Crippen molar-refractivity contribution in [1.82, 2.24) is 9.80 Å². The van der Waals surface area contributed by atoms with E-state index >= 15 is 0 Å². The highest BCUT2D eigenvalue weighted by Crippen LogP contribution is 2.29. The zero-order chi connectivity index (χ0) is 14.8. The molecular formula is C16H21FN2O2. The van der Waals surface area contributed by atoms with Crippen molar-refractivity contribution in [3.8, 4) is 0 Å². The molecule has 3 aliphatic heterocycles. The van der Waals surface area contributed by atoms with Gasteiger partial charge in [-0.3, -0.25) is 4.90 Å². The summed E-state index contributed by atoms with van der Waals surface area (Å²) in [5, 5.41) is 0. The number of piperidine rings is 1. The van der Waals surface area contributed by atoms with Crippen LogP contribution in [0, 0.1) is 11.7 Å². The summed E-state index contributed by atoms with van der Waals surface area (Å²) < 4.78 is 17.9. The summed E-state index contributed by atoms with van der Waals surface area (Å²) in [6.07, 6.45) is 1.99. The molecule has 3 fully saturated rings. The van der Waals surface area contributed by atoms with Crippen LogP contribution in [0.15, 0.2) is 24.3 Å². The van der Waals surface area contributed by atoms with Crippen LogP contribution >= 0.6 is 0 Å². The predicted molar refractivity (Wildman–Crippen MR) is 77.3 cm³/mol. The van der Waals surface area contributed by atoms with E-state index in [1.807, 2.05) is 17.0 Å². The third-order valence-corrected chi connectivity index (χ3v) is 4.52. The first kappa shape index (κ1) is 14.3. The fraction of sp³-hybridized carbons (Fsp3) is 0.562. The molecule has 4 nitrogen and oxygen atoms in total. The molecule has 5 heteroatoms. The lowest BCUT2D eigenvalue weighted by atomic mass is 9.95. The van der Waals surface area contributed by atoms with Crippen LogP contribution in [0.4, 0.5) is 9.18 Å². The van der Waals surface area contributed by atoms with E-state index in [4.69, 9.17) is 4.74 Å². The first-order valence-electron chi connectivity index (χ1n) is 7.47. The Hall–Kier alpha value is -1.62. The molecule has 1 aromatic rings. The number of carbonyl (C=O) groups is 1. The second-order valence-corrected chi connectivity index (χ2v) is 6.04. The Morgan fingerprint density at radius 2 is 2.00 bits per heavy atom. The molecule has 0 aromatic heterocycles. The molecular weight excluding hydrogens is 271 g/mol. The van der Waals surface area contributed by atoms with Crippen molar-refractivity contribution in [2.24, 2.45) is 5.92 Å². The molecule has 3 aliphatic rings. The number of halogens is 1. The fourth-order valence-electron chi connectivity index (χ4n) is 3.50. The molecule has 3 heterocycles. The second kappa shape index (κ2) is 6.02. The summed E-state index contributed by atoms with van der Waals surface area (Å²) in [5.74, 6) is 0.301. The molecule has 0 radical (unpaired) electrons. The van der Waals surface area contributed by atoms with Crippen LogP contribution in [0.1, 0.15) is 18.4 Å². The normalized spacial score (nSPS) is 25.7. The molecule has 21 heavy (non-hydrogen) atoms. The summed E-state index contributed by atoms with van der Waals surface area (Å²) in [5.41, 5.74) is 1.11. The van der Waals surface area contributed by atoms with E-state index in [-0.39, 0.29) is 18.0 Å². The highest BCUT2D eigenvalue weighted by Gasteiger charge is 2.37.